The molecule has 0 aliphatic carbocycles. The topological polar surface area (TPSA) is 46.0 Å². The second-order valence-electron chi connectivity index (χ2n) is 5.37. The van der Waals surface area contributed by atoms with Crippen LogP contribution in [-0.2, 0) is 6.42 Å². The molecule has 100 valence electrons. The van der Waals surface area contributed by atoms with E-state index in [1.807, 2.05) is 38.1 Å². The number of halogens is 1. The lowest BCUT2D eigenvalue weighted by Crippen LogP contribution is -2.25. The molecule has 0 bridgehead atoms. The minimum atomic E-state index is -0.607. The Balaban J connectivity index is 2.15. The zero-order chi connectivity index (χ0) is 13.9. The Labute approximate surface area is 118 Å². The molecular weight excluding hydrogens is 260 g/mol. The zero-order valence-electron chi connectivity index (χ0n) is 11.0. The summed E-state index contributed by atoms with van der Waals surface area (Å²) in [5.74, 6) is 0. The van der Waals surface area contributed by atoms with Crippen LogP contribution >= 0.6 is 11.6 Å². The molecule has 1 N–H and O–H groups in total. The van der Waals surface area contributed by atoms with E-state index in [-0.39, 0.29) is 5.41 Å². The van der Waals surface area contributed by atoms with Crippen LogP contribution in [0.1, 0.15) is 31.1 Å². The lowest BCUT2D eigenvalue weighted by Gasteiger charge is -2.30. The lowest BCUT2D eigenvalue weighted by molar-refractivity contribution is 0.0489. The fraction of sp³-hybridized carbons (Fsp3) is 0.333. The predicted octanol–water partition coefficient (Wildman–Crippen LogP) is 3.43. The highest BCUT2D eigenvalue weighted by atomic mass is 35.5. The Morgan fingerprint density at radius 2 is 1.74 bits per heavy atom. The van der Waals surface area contributed by atoms with Crippen LogP contribution in [0.2, 0.25) is 5.02 Å². The predicted molar refractivity (Wildman–Crippen MR) is 75.9 cm³/mol. The van der Waals surface area contributed by atoms with Gasteiger partial charge in [-0.3, -0.25) is 0 Å². The van der Waals surface area contributed by atoms with Gasteiger partial charge in [-0.05, 0) is 29.5 Å². The lowest BCUT2D eigenvalue weighted by atomic mass is 9.78. The number of aliphatic hydroxyl groups is 1. The number of nitrogens with zero attached hydrogens (tertiary/aromatic N) is 2. The van der Waals surface area contributed by atoms with Gasteiger partial charge in [-0.2, -0.15) is 0 Å². The molecule has 2 rings (SSSR count). The van der Waals surface area contributed by atoms with Crippen LogP contribution in [0.3, 0.4) is 0 Å². The van der Waals surface area contributed by atoms with Crippen molar-refractivity contribution in [3.63, 3.8) is 0 Å². The van der Waals surface area contributed by atoms with Gasteiger partial charge in [0, 0.05) is 23.0 Å². The van der Waals surface area contributed by atoms with Gasteiger partial charge in [-0.15, -0.1) is 0 Å². The van der Waals surface area contributed by atoms with Crippen LogP contribution in [0.15, 0.2) is 43.0 Å². The van der Waals surface area contributed by atoms with Gasteiger partial charge in [-0.1, -0.05) is 37.6 Å². The van der Waals surface area contributed by atoms with Crippen molar-refractivity contribution in [3.05, 3.63) is 59.1 Å². The molecule has 1 aromatic heterocycles. The first-order chi connectivity index (χ1) is 8.99. The molecule has 2 aromatic rings. The normalized spacial score (nSPS) is 13.3. The van der Waals surface area contributed by atoms with Crippen LogP contribution in [0, 0.1) is 5.41 Å². The van der Waals surface area contributed by atoms with Crippen LogP contribution in [0.25, 0.3) is 0 Å². The average Bonchev–Trinajstić information content (AvgIpc) is 2.41. The van der Waals surface area contributed by atoms with Gasteiger partial charge in [-0.25, -0.2) is 9.97 Å². The van der Waals surface area contributed by atoms with E-state index in [9.17, 15) is 5.11 Å². The summed E-state index contributed by atoms with van der Waals surface area (Å²) in [6.45, 7) is 4.05. The summed E-state index contributed by atoms with van der Waals surface area (Å²) >= 11 is 5.88. The summed E-state index contributed by atoms with van der Waals surface area (Å²) in [5, 5.41) is 11.2. The smallest absolute Gasteiger partial charge is 0.115 e. The molecule has 1 aromatic carbocycles. The van der Waals surface area contributed by atoms with E-state index in [2.05, 4.69) is 9.97 Å². The van der Waals surface area contributed by atoms with Crippen molar-refractivity contribution in [1.82, 2.24) is 9.97 Å². The SMILES string of the molecule is CC(C)(Cc1ccc(Cl)cc1)C(O)c1cncnc1. The molecule has 0 aliphatic rings. The zero-order valence-corrected chi connectivity index (χ0v) is 11.8. The molecule has 3 nitrogen and oxygen atoms in total. The highest BCUT2D eigenvalue weighted by Gasteiger charge is 2.29. The monoisotopic (exact) mass is 276 g/mol. The van der Waals surface area contributed by atoms with E-state index in [0.717, 1.165) is 22.6 Å². The van der Waals surface area contributed by atoms with Crippen molar-refractivity contribution < 1.29 is 5.11 Å². The first-order valence-electron chi connectivity index (χ1n) is 6.16. The quantitative estimate of drug-likeness (QED) is 0.930. The standard InChI is InChI=1S/C15H17ClN2O/c1-15(2,7-11-3-5-13(16)6-4-11)14(19)12-8-17-10-18-9-12/h3-6,8-10,14,19H,7H2,1-2H3. The summed E-state index contributed by atoms with van der Waals surface area (Å²) < 4.78 is 0. The summed E-state index contributed by atoms with van der Waals surface area (Å²) in [7, 11) is 0. The molecule has 4 heteroatoms. The van der Waals surface area contributed by atoms with E-state index in [4.69, 9.17) is 11.6 Å². The first-order valence-corrected chi connectivity index (χ1v) is 6.54. The number of hydrogen-bond acceptors (Lipinski definition) is 3. The van der Waals surface area contributed by atoms with Gasteiger partial charge < -0.3 is 5.11 Å². The van der Waals surface area contributed by atoms with Crippen LogP contribution < -0.4 is 0 Å². The van der Waals surface area contributed by atoms with E-state index in [1.165, 1.54) is 6.33 Å². The van der Waals surface area contributed by atoms with Gasteiger partial charge >= 0.3 is 0 Å². The minimum absolute atomic E-state index is 0.307. The molecule has 1 unspecified atom stereocenters. The maximum absolute atomic E-state index is 10.5. The molecule has 0 amide bonds. The summed E-state index contributed by atoms with van der Waals surface area (Å²) in [5.41, 5.74) is 1.57. The summed E-state index contributed by atoms with van der Waals surface area (Å²) in [6, 6.07) is 7.70. The minimum Gasteiger partial charge on any atom is -0.388 e. The van der Waals surface area contributed by atoms with Crippen LogP contribution in [0.5, 0.6) is 0 Å². The second kappa shape index (κ2) is 5.68. The first kappa shape index (κ1) is 14.0. The largest absolute Gasteiger partial charge is 0.388 e. The van der Waals surface area contributed by atoms with Crippen molar-refractivity contribution in [1.29, 1.82) is 0 Å². The number of aromatic nitrogens is 2. The molecule has 0 aliphatic heterocycles. The third kappa shape index (κ3) is 3.52. The Hall–Kier alpha value is -1.45. The Kier molecular flexibility index (Phi) is 4.17. The van der Waals surface area contributed by atoms with Gasteiger partial charge in [0.05, 0.1) is 6.10 Å². The molecule has 0 radical (unpaired) electrons. The van der Waals surface area contributed by atoms with E-state index in [0.29, 0.717) is 0 Å². The Morgan fingerprint density at radius 3 is 2.32 bits per heavy atom. The Bertz CT molecular complexity index is 526. The van der Waals surface area contributed by atoms with E-state index < -0.39 is 6.10 Å². The van der Waals surface area contributed by atoms with E-state index in [1.54, 1.807) is 12.4 Å². The highest BCUT2D eigenvalue weighted by molar-refractivity contribution is 6.30. The van der Waals surface area contributed by atoms with Gasteiger partial charge in [0.2, 0.25) is 0 Å². The molecule has 1 atom stereocenters. The summed E-state index contributed by atoms with van der Waals surface area (Å²) in [4.78, 5) is 7.90. The van der Waals surface area contributed by atoms with Crippen molar-refractivity contribution in [3.8, 4) is 0 Å². The molecule has 0 spiro atoms. The maximum atomic E-state index is 10.5. The number of benzene rings is 1. The number of rotatable bonds is 4. The van der Waals surface area contributed by atoms with E-state index >= 15 is 0 Å². The van der Waals surface area contributed by atoms with Crippen LogP contribution in [0.4, 0.5) is 0 Å². The fourth-order valence-electron chi connectivity index (χ4n) is 2.13. The highest BCUT2D eigenvalue weighted by Crippen LogP contribution is 2.36. The molecule has 0 saturated carbocycles. The Morgan fingerprint density at radius 1 is 1.16 bits per heavy atom. The molecule has 0 saturated heterocycles. The second-order valence-corrected chi connectivity index (χ2v) is 5.80. The van der Waals surface area contributed by atoms with Gasteiger partial charge in [0.15, 0.2) is 0 Å². The van der Waals surface area contributed by atoms with Crippen molar-refractivity contribution in [2.24, 2.45) is 5.41 Å². The summed E-state index contributed by atoms with van der Waals surface area (Å²) in [6.07, 6.45) is 4.91. The van der Waals surface area contributed by atoms with Crippen LogP contribution in [-0.4, -0.2) is 15.1 Å². The van der Waals surface area contributed by atoms with Gasteiger partial charge in [0.25, 0.3) is 0 Å². The fourth-order valence-corrected chi connectivity index (χ4v) is 2.25. The van der Waals surface area contributed by atoms with Crippen molar-refractivity contribution in [2.45, 2.75) is 26.4 Å². The third-order valence-electron chi connectivity index (χ3n) is 3.21. The molecule has 19 heavy (non-hydrogen) atoms. The van der Waals surface area contributed by atoms with Crippen molar-refractivity contribution in [2.75, 3.05) is 0 Å². The molecule has 1 heterocycles. The number of aliphatic hydroxyl groups excluding tert-OH is 1. The van der Waals surface area contributed by atoms with Crippen molar-refractivity contribution >= 4 is 11.6 Å². The average molecular weight is 277 g/mol. The van der Waals surface area contributed by atoms with Gasteiger partial charge in [0.1, 0.15) is 6.33 Å². The maximum Gasteiger partial charge on any atom is 0.115 e. The third-order valence-corrected chi connectivity index (χ3v) is 3.46. The molecular formula is C15H17ClN2O. The molecule has 0 fully saturated rings. The number of hydrogen-bond donors (Lipinski definition) is 1.